The first-order valence-electron chi connectivity index (χ1n) is 4.99. The zero-order valence-corrected chi connectivity index (χ0v) is 8.88. The molecule has 0 radical (unpaired) electrons. The fourth-order valence-corrected chi connectivity index (χ4v) is 1.61. The maximum atomic E-state index is 9.98. The minimum atomic E-state index is -0.729. The Balaban J connectivity index is 2.07. The van der Waals surface area contributed by atoms with Crippen LogP contribution >= 0.6 is 0 Å². The summed E-state index contributed by atoms with van der Waals surface area (Å²) < 4.78 is 10.9. The fraction of sp³-hybridized carbons (Fsp3) is 0.545. The second kappa shape index (κ2) is 3.89. The molecule has 0 bridgehead atoms. The zero-order valence-electron chi connectivity index (χ0n) is 8.88. The smallest absolute Gasteiger partial charge is 0.163 e. The van der Waals surface area contributed by atoms with Gasteiger partial charge in [0.2, 0.25) is 0 Å². The number of aromatic nitrogens is 1. The average Bonchev–Trinajstić information content (AvgIpc) is 2.59. The molecule has 2 rings (SSSR count). The van der Waals surface area contributed by atoms with Crippen LogP contribution in [0, 0.1) is 0 Å². The third-order valence-corrected chi connectivity index (χ3v) is 2.37. The largest absolute Gasteiger partial charge is 0.384 e. The van der Waals surface area contributed by atoms with Crippen molar-refractivity contribution in [2.24, 2.45) is 0 Å². The number of aliphatic hydroxyl groups is 1. The van der Waals surface area contributed by atoms with Crippen molar-refractivity contribution < 1.29 is 14.6 Å². The second-order valence-corrected chi connectivity index (χ2v) is 4.07. The Hall–Kier alpha value is -0.970. The van der Waals surface area contributed by atoms with E-state index in [1.807, 2.05) is 26.0 Å². The molecule has 1 aliphatic rings. The van der Waals surface area contributed by atoms with Gasteiger partial charge in [-0.05, 0) is 26.0 Å². The molecule has 0 aliphatic carbocycles. The molecule has 0 saturated carbocycles. The molecule has 0 spiro atoms. The lowest BCUT2D eigenvalue weighted by Gasteiger charge is -2.19. The summed E-state index contributed by atoms with van der Waals surface area (Å²) in [5, 5.41) is 9.98. The summed E-state index contributed by atoms with van der Waals surface area (Å²) in [5.74, 6) is -0.611. The topological polar surface area (TPSA) is 51.6 Å². The summed E-state index contributed by atoms with van der Waals surface area (Å²) in [6, 6.07) is 5.43. The molecule has 1 aromatic heterocycles. The molecule has 4 nitrogen and oxygen atoms in total. The van der Waals surface area contributed by atoms with Gasteiger partial charge in [0, 0.05) is 6.20 Å². The van der Waals surface area contributed by atoms with Gasteiger partial charge in [0.25, 0.3) is 0 Å². The van der Waals surface area contributed by atoms with Crippen LogP contribution < -0.4 is 0 Å². The average molecular weight is 209 g/mol. The van der Waals surface area contributed by atoms with Gasteiger partial charge >= 0.3 is 0 Å². The highest BCUT2D eigenvalue weighted by Crippen LogP contribution is 2.29. The van der Waals surface area contributed by atoms with Gasteiger partial charge < -0.3 is 14.6 Å². The van der Waals surface area contributed by atoms with E-state index in [-0.39, 0.29) is 6.10 Å². The van der Waals surface area contributed by atoms with E-state index in [0.29, 0.717) is 12.3 Å². The molecule has 0 unspecified atom stereocenters. The fourth-order valence-electron chi connectivity index (χ4n) is 1.61. The molecular formula is C11H15NO3. The highest BCUT2D eigenvalue weighted by atomic mass is 16.7. The Morgan fingerprint density at radius 3 is 2.87 bits per heavy atom. The zero-order chi connectivity index (χ0) is 10.9. The van der Waals surface area contributed by atoms with Gasteiger partial charge in [-0.2, -0.15) is 0 Å². The summed E-state index contributed by atoms with van der Waals surface area (Å²) in [5.41, 5.74) is 0.615. The molecule has 15 heavy (non-hydrogen) atoms. The monoisotopic (exact) mass is 209 g/mol. The van der Waals surface area contributed by atoms with E-state index < -0.39 is 11.9 Å². The lowest BCUT2D eigenvalue weighted by molar-refractivity contribution is -0.151. The molecule has 1 saturated heterocycles. The molecule has 2 heterocycles. The van der Waals surface area contributed by atoms with Crippen molar-refractivity contribution >= 4 is 0 Å². The van der Waals surface area contributed by atoms with E-state index in [1.54, 1.807) is 12.3 Å². The molecule has 82 valence electrons. The summed E-state index contributed by atoms with van der Waals surface area (Å²) >= 11 is 0. The van der Waals surface area contributed by atoms with Crippen LogP contribution in [0.2, 0.25) is 0 Å². The number of hydrogen-bond acceptors (Lipinski definition) is 4. The predicted molar refractivity (Wildman–Crippen MR) is 54.1 cm³/mol. The molecule has 0 amide bonds. The number of ether oxygens (including phenoxy) is 2. The van der Waals surface area contributed by atoms with Crippen molar-refractivity contribution in [2.75, 3.05) is 6.61 Å². The van der Waals surface area contributed by atoms with Gasteiger partial charge in [-0.1, -0.05) is 6.07 Å². The van der Waals surface area contributed by atoms with Gasteiger partial charge in [0.15, 0.2) is 5.79 Å². The van der Waals surface area contributed by atoms with E-state index in [1.165, 1.54) is 0 Å². The van der Waals surface area contributed by atoms with Crippen LogP contribution in [-0.2, 0) is 9.47 Å². The lowest BCUT2D eigenvalue weighted by Crippen LogP contribution is -2.25. The Morgan fingerprint density at radius 1 is 1.53 bits per heavy atom. The third-order valence-electron chi connectivity index (χ3n) is 2.37. The molecule has 1 aliphatic heterocycles. The van der Waals surface area contributed by atoms with E-state index in [0.717, 1.165) is 0 Å². The summed E-state index contributed by atoms with van der Waals surface area (Å²) in [6.45, 7) is 4.06. The first kappa shape index (κ1) is 10.5. The van der Waals surface area contributed by atoms with Crippen LogP contribution in [-0.4, -0.2) is 28.6 Å². The first-order chi connectivity index (χ1) is 7.08. The Bertz CT molecular complexity index is 326. The Labute approximate surface area is 88.9 Å². The summed E-state index contributed by atoms with van der Waals surface area (Å²) in [7, 11) is 0. The number of pyridine rings is 1. The third kappa shape index (κ3) is 2.34. The van der Waals surface area contributed by atoms with E-state index >= 15 is 0 Å². The molecule has 0 aromatic carbocycles. The van der Waals surface area contributed by atoms with Crippen LogP contribution in [0.1, 0.15) is 25.6 Å². The predicted octanol–water partition coefficient (Wildman–Crippen LogP) is 1.27. The minimum absolute atomic E-state index is 0.338. The summed E-state index contributed by atoms with van der Waals surface area (Å²) in [6.07, 6.45) is 0.586. The highest BCUT2D eigenvalue weighted by Gasteiger charge is 2.37. The number of rotatable bonds is 2. The maximum absolute atomic E-state index is 9.98. The normalized spacial score (nSPS) is 26.5. The van der Waals surface area contributed by atoms with Crippen molar-refractivity contribution in [1.82, 2.24) is 4.98 Å². The van der Waals surface area contributed by atoms with E-state index in [9.17, 15) is 5.11 Å². The quantitative estimate of drug-likeness (QED) is 0.796. The van der Waals surface area contributed by atoms with Crippen molar-refractivity contribution in [3.05, 3.63) is 30.1 Å². The summed E-state index contributed by atoms with van der Waals surface area (Å²) in [4.78, 5) is 4.09. The van der Waals surface area contributed by atoms with Gasteiger partial charge in [0.1, 0.15) is 12.2 Å². The second-order valence-electron chi connectivity index (χ2n) is 4.07. The Morgan fingerprint density at radius 2 is 2.33 bits per heavy atom. The lowest BCUT2D eigenvalue weighted by atomic mass is 10.1. The van der Waals surface area contributed by atoms with Gasteiger partial charge in [-0.15, -0.1) is 0 Å². The maximum Gasteiger partial charge on any atom is 0.163 e. The molecule has 1 aromatic rings. The molecule has 2 atom stereocenters. The van der Waals surface area contributed by atoms with Crippen LogP contribution in [0.5, 0.6) is 0 Å². The molecular weight excluding hydrogens is 194 g/mol. The van der Waals surface area contributed by atoms with Crippen molar-refractivity contribution in [3.63, 3.8) is 0 Å². The van der Waals surface area contributed by atoms with E-state index in [4.69, 9.17) is 9.47 Å². The number of nitrogens with zero attached hydrogens (tertiary/aromatic N) is 1. The van der Waals surface area contributed by atoms with Gasteiger partial charge in [-0.3, -0.25) is 4.98 Å². The van der Waals surface area contributed by atoms with Crippen molar-refractivity contribution in [2.45, 2.75) is 31.8 Å². The van der Waals surface area contributed by atoms with Crippen LogP contribution in [0.4, 0.5) is 0 Å². The number of hydrogen-bond donors (Lipinski definition) is 1. The van der Waals surface area contributed by atoms with Gasteiger partial charge in [0.05, 0.1) is 12.3 Å². The molecule has 1 N–H and O–H groups in total. The van der Waals surface area contributed by atoms with Gasteiger partial charge in [-0.25, -0.2) is 0 Å². The SMILES string of the molecule is CC1(C)OC[C@H]([C@H](O)c2ccccn2)O1. The highest BCUT2D eigenvalue weighted by molar-refractivity contribution is 5.08. The Kier molecular flexibility index (Phi) is 2.73. The van der Waals surface area contributed by atoms with Crippen molar-refractivity contribution in [1.29, 1.82) is 0 Å². The van der Waals surface area contributed by atoms with Crippen LogP contribution in [0.3, 0.4) is 0 Å². The first-order valence-corrected chi connectivity index (χ1v) is 4.99. The number of aliphatic hydroxyl groups excluding tert-OH is 1. The van der Waals surface area contributed by atoms with Crippen LogP contribution in [0.15, 0.2) is 24.4 Å². The standard InChI is InChI=1S/C11H15NO3/c1-11(2)14-7-9(15-11)10(13)8-5-3-4-6-12-8/h3-6,9-10,13H,7H2,1-2H3/t9-,10-/m1/s1. The van der Waals surface area contributed by atoms with E-state index in [2.05, 4.69) is 4.98 Å². The molecule has 1 fully saturated rings. The van der Waals surface area contributed by atoms with Crippen molar-refractivity contribution in [3.8, 4) is 0 Å². The van der Waals surface area contributed by atoms with Crippen LogP contribution in [0.25, 0.3) is 0 Å². The molecule has 4 heteroatoms. The minimum Gasteiger partial charge on any atom is -0.384 e.